The van der Waals surface area contributed by atoms with Gasteiger partial charge in [0, 0.05) is 44.8 Å². The van der Waals surface area contributed by atoms with Crippen LogP contribution in [0.5, 0.6) is 0 Å². The number of anilines is 1. The van der Waals surface area contributed by atoms with Gasteiger partial charge in [-0.1, -0.05) is 38.6 Å². The number of nitrogens with zero attached hydrogens (tertiary/aromatic N) is 2. The van der Waals surface area contributed by atoms with E-state index >= 15 is 0 Å². The topological polar surface area (TPSA) is 86.5 Å². The van der Waals surface area contributed by atoms with Crippen molar-refractivity contribution in [2.45, 2.75) is 20.8 Å². The van der Waals surface area contributed by atoms with E-state index in [1.807, 2.05) is 51.1 Å². The zero-order valence-corrected chi connectivity index (χ0v) is 21.5. The molecule has 5 rings (SSSR count). The predicted octanol–water partition coefficient (Wildman–Crippen LogP) is 7.34. The number of aromatic nitrogens is 4. The summed E-state index contributed by atoms with van der Waals surface area (Å²) in [5.74, 6) is -0.178. The lowest BCUT2D eigenvalue weighted by Gasteiger charge is -2.09. The third-order valence-electron chi connectivity index (χ3n) is 6.11. The molecule has 1 aromatic carbocycles. The third-order valence-corrected chi connectivity index (χ3v) is 7.02. The van der Waals surface area contributed by atoms with Crippen LogP contribution in [0.3, 0.4) is 0 Å². The van der Waals surface area contributed by atoms with Crippen molar-refractivity contribution in [1.29, 1.82) is 0 Å². The van der Waals surface area contributed by atoms with Crippen molar-refractivity contribution in [3.05, 3.63) is 94.9 Å². The van der Waals surface area contributed by atoms with Gasteiger partial charge in [0.2, 0.25) is 5.91 Å². The summed E-state index contributed by atoms with van der Waals surface area (Å²) in [5.41, 5.74) is 7.81. The minimum Gasteiger partial charge on any atom is -0.357 e. The number of benzene rings is 1. The highest BCUT2D eigenvalue weighted by atomic mass is 32.1. The van der Waals surface area contributed by atoms with Crippen molar-refractivity contribution in [1.82, 2.24) is 20.2 Å². The second-order valence-corrected chi connectivity index (χ2v) is 10.1. The number of H-pyrrole nitrogens is 2. The molecule has 0 bridgehead atoms. The van der Waals surface area contributed by atoms with Crippen LogP contribution in [-0.2, 0) is 4.79 Å². The molecule has 0 radical (unpaired) electrons. The monoisotopic (exact) mass is 511 g/mol. The van der Waals surface area contributed by atoms with Crippen LogP contribution in [-0.4, -0.2) is 26.1 Å². The summed E-state index contributed by atoms with van der Waals surface area (Å²) >= 11 is 1.10. The fraction of sp³-hybridized carbons (Fsp3) is 0.138. The van der Waals surface area contributed by atoms with Crippen LogP contribution < -0.4 is 5.32 Å². The Morgan fingerprint density at radius 2 is 1.97 bits per heavy atom. The molecule has 0 fully saturated rings. The zero-order valence-electron chi connectivity index (χ0n) is 20.7. The van der Waals surface area contributed by atoms with Gasteiger partial charge in [0.15, 0.2) is 5.13 Å². The standard InChI is InChI=1S/C29H26FN5OS/c1-5-6-21(26-9-10-27(30)37-26)22-13-25(32-17(22)4)28-23-12-18(7-8-24(23)34-35-28)19-11-20(15-31-14-19)33-29(36)16(2)3/h5-16,32H,1H2,2-4H3,(H,33,36)(H,34,35)/b21-6+. The van der Waals surface area contributed by atoms with E-state index in [1.165, 1.54) is 6.07 Å². The summed E-state index contributed by atoms with van der Waals surface area (Å²) in [4.78, 5) is 20.7. The number of fused-ring (bicyclic) bond motifs is 1. The average Bonchev–Trinajstić information content (AvgIpc) is 3.60. The zero-order chi connectivity index (χ0) is 26.1. The average molecular weight is 512 g/mol. The molecule has 8 heteroatoms. The Bertz CT molecular complexity index is 1660. The van der Waals surface area contributed by atoms with E-state index in [0.29, 0.717) is 5.69 Å². The van der Waals surface area contributed by atoms with Gasteiger partial charge in [0.25, 0.3) is 0 Å². The molecule has 4 aromatic heterocycles. The van der Waals surface area contributed by atoms with Gasteiger partial charge in [0.1, 0.15) is 5.69 Å². The number of amides is 1. The first-order valence-corrected chi connectivity index (χ1v) is 12.7. The minimum atomic E-state index is -0.230. The van der Waals surface area contributed by atoms with Crippen LogP contribution in [0.1, 0.15) is 30.0 Å². The van der Waals surface area contributed by atoms with Crippen molar-refractivity contribution in [2.75, 3.05) is 5.32 Å². The molecule has 1 amide bonds. The summed E-state index contributed by atoms with van der Waals surface area (Å²) in [6.45, 7) is 9.52. The summed E-state index contributed by atoms with van der Waals surface area (Å²) < 4.78 is 13.8. The molecule has 0 unspecified atom stereocenters. The third kappa shape index (κ3) is 4.88. The predicted molar refractivity (Wildman–Crippen MR) is 149 cm³/mol. The molecule has 4 heterocycles. The number of halogens is 1. The van der Waals surface area contributed by atoms with Gasteiger partial charge in [-0.25, -0.2) is 0 Å². The van der Waals surface area contributed by atoms with Crippen molar-refractivity contribution in [3.63, 3.8) is 0 Å². The van der Waals surface area contributed by atoms with Gasteiger partial charge in [-0.2, -0.15) is 9.49 Å². The molecular formula is C29H26FN5OS. The van der Waals surface area contributed by atoms with Crippen LogP contribution in [0.2, 0.25) is 0 Å². The van der Waals surface area contributed by atoms with Crippen molar-refractivity contribution >= 4 is 39.4 Å². The van der Waals surface area contributed by atoms with E-state index in [9.17, 15) is 9.18 Å². The number of carbonyl (C=O) groups excluding carboxylic acids is 1. The Labute approximate surface area is 218 Å². The summed E-state index contributed by atoms with van der Waals surface area (Å²) in [7, 11) is 0. The van der Waals surface area contributed by atoms with Gasteiger partial charge in [-0.05, 0) is 48.9 Å². The Morgan fingerprint density at radius 3 is 2.70 bits per heavy atom. The van der Waals surface area contributed by atoms with Gasteiger partial charge >= 0.3 is 0 Å². The Kier molecular flexibility index (Phi) is 6.58. The van der Waals surface area contributed by atoms with Crippen molar-refractivity contribution < 1.29 is 9.18 Å². The van der Waals surface area contributed by atoms with Crippen molar-refractivity contribution in [2.24, 2.45) is 5.92 Å². The number of nitrogens with one attached hydrogen (secondary N) is 3. The van der Waals surface area contributed by atoms with E-state index < -0.39 is 0 Å². The fourth-order valence-corrected chi connectivity index (χ4v) is 4.97. The summed E-state index contributed by atoms with van der Waals surface area (Å²) in [5, 5.41) is 11.3. The number of hydrogen-bond donors (Lipinski definition) is 3. The van der Waals surface area contributed by atoms with Crippen LogP contribution in [0.25, 0.3) is 39.0 Å². The number of hydrogen-bond acceptors (Lipinski definition) is 4. The molecule has 0 spiro atoms. The minimum absolute atomic E-state index is 0.0559. The van der Waals surface area contributed by atoms with E-state index in [-0.39, 0.29) is 17.0 Å². The largest absolute Gasteiger partial charge is 0.357 e. The maximum atomic E-state index is 13.8. The first kappa shape index (κ1) is 24.4. The lowest BCUT2D eigenvalue weighted by atomic mass is 10.0. The first-order valence-electron chi connectivity index (χ1n) is 11.9. The molecular weight excluding hydrogens is 485 g/mol. The highest BCUT2D eigenvalue weighted by molar-refractivity contribution is 7.11. The smallest absolute Gasteiger partial charge is 0.226 e. The van der Waals surface area contributed by atoms with E-state index in [2.05, 4.69) is 38.1 Å². The number of allylic oxidation sites excluding steroid dienone is 2. The maximum Gasteiger partial charge on any atom is 0.226 e. The van der Waals surface area contributed by atoms with Crippen LogP contribution >= 0.6 is 11.3 Å². The molecule has 0 saturated carbocycles. The maximum absolute atomic E-state index is 13.8. The van der Waals surface area contributed by atoms with Crippen molar-refractivity contribution in [3.8, 4) is 22.5 Å². The molecule has 0 aliphatic carbocycles. The highest BCUT2D eigenvalue weighted by Gasteiger charge is 2.17. The lowest BCUT2D eigenvalue weighted by Crippen LogP contribution is -2.17. The number of pyridine rings is 1. The van der Waals surface area contributed by atoms with Gasteiger partial charge in [-0.15, -0.1) is 11.3 Å². The first-order chi connectivity index (χ1) is 17.8. The van der Waals surface area contributed by atoms with Gasteiger partial charge in [0.05, 0.1) is 23.1 Å². The van der Waals surface area contributed by atoms with Crippen LogP contribution in [0.15, 0.2) is 73.6 Å². The van der Waals surface area contributed by atoms with Crippen LogP contribution in [0, 0.1) is 18.0 Å². The molecule has 5 aromatic rings. The number of carbonyl (C=O) groups is 1. The number of aromatic amines is 2. The Balaban J connectivity index is 1.53. The van der Waals surface area contributed by atoms with E-state index in [0.717, 1.165) is 66.5 Å². The SMILES string of the molecule is C=C/C=C(/c1ccc(F)s1)c1cc(-c2n[nH]c3ccc(-c4cncc(NC(=O)C(C)C)c4)cc23)[nH]c1C. The Morgan fingerprint density at radius 1 is 1.14 bits per heavy atom. The highest BCUT2D eigenvalue weighted by Crippen LogP contribution is 2.36. The van der Waals surface area contributed by atoms with E-state index in [1.54, 1.807) is 24.5 Å². The molecule has 3 N–H and O–H groups in total. The summed E-state index contributed by atoms with van der Waals surface area (Å²) in [6.07, 6.45) is 7.02. The molecule has 37 heavy (non-hydrogen) atoms. The number of thiophene rings is 1. The molecule has 0 saturated heterocycles. The second-order valence-electron chi connectivity index (χ2n) is 9.08. The van der Waals surface area contributed by atoms with E-state index in [4.69, 9.17) is 0 Å². The molecule has 6 nitrogen and oxygen atoms in total. The molecule has 0 aliphatic heterocycles. The molecule has 0 atom stereocenters. The van der Waals surface area contributed by atoms with Gasteiger partial charge < -0.3 is 10.3 Å². The lowest BCUT2D eigenvalue weighted by molar-refractivity contribution is -0.118. The molecule has 186 valence electrons. The molecule has 0 aliphatic rings. The normalized spacial score (nSPS) is 11.9. The fourth-order valence-electron chi connectivity index (χ4n) is 4.20. The number of aryl methyl sites for hydroxylation is 1. The second kappa shape index (κ2) is 9.99. The Hall–Kier alpha value is -4.30. The quantitative estimate of drug-likeness (QED) is 0.200. The van der Waals surface area contributed by atoms with Gasteiger partial charge in [-0.3, -0.25) is 14.9 Å². The van der Waals surface area contributed by atoms with Crippen LogP contribution in [0.4, 0.5) is 10.1 Å². The summed E-state index contributed by atoms with van der Waals surface area (Å²) in [6, 6.07) is 13.2. The number of rotatable bonds is 7.